The number of sulfonamides is 1. The zero-order valence-electron chi connectivity index (χ0n) is 14.3. The van der Waals surface area contributed by atoms with Crippen LogP contribution in [0.3, 0.4) is 0 Å². The van der Waals surface area contributed by atoms with E-state index in [-0.39, 0.29) is 30.1 Å². The highest BCUT2D eigenvalue weighted by Gasteiger charge is 2.38. The summed E-state index contributed by atoms with van der Waals surface area (Å²) in [7, 11) is -3.33. The summed E-state index contributed by atoms with van der Waals surface area (Å²) in [6, 6.07) is -0.620. The lowest BCUT2D eigenvalue weighted by Crippen LogP contribution is -2.50. The first kappa shape index (κ1) is 22.6. The van der Waals surface area contributed by atoms with Crippen molar-refractivity contribution in [2.45, 2.75) is 70.9 Å². The van der Waals surface area contributed by atoms with Gasteiger partial charge in [-0.2, -0.15) is 4.31 Å². The highest BCUT2D eigenvalue weighted by atomic mass is 35.5. The minimum Gasteiger partial charge on any atom is -0.351 e. The highest BCUT2D eigenvalue weighted by molar-refractivity contribution is 7.89. The van der Waals surface area contributed by atoms with Crippen molar-refractivity contribution in [1.29, 1.82) is 0 Å². The van der Waals surface area contributed by atoms with Crippen LogP contribution in [0.25, 0.3) is 0 Å². The summed E-state index contributed by atoms with van der Waals surface area (Å²) in [4.78, 5) is 12.4. The molecule has 3 N–H and O–H groups in total. The first-order valence-electron chi connectivity index (χ1n) is 8.46. The van der Waals surface area contributed by atoms with E-state index < -0.39 is 16.1 Å². The van der Waals surface area contributed by atoms with Crippen LogP contribution in [0.15, 0.2) is 0 Å². The molecular weight excluding hydrogens is 338 g/mol. The zero-order valence-corrected chi connectivity index (χ0v) is 15.9. The van der Waals surface area contributed by atoms with Crippen LogP contribution < -0.4 is 11.1 Å². The number of nitrogens with two attached hydrogens (primary N) is 1. The average molecular weight is 370 g/mol. The summed E-state index contributed by atoms with van der Waals surface area (Å²) >= 11 is 0. The monoisotopic (exact) mass is 369 g/mol. The fraction of sp³-hybridized carbons (Fsp3) is 0.933. The number of rotatable bonds is 10. The van der Waals surface area contributed by atoms with Gasteiger partial charge in [0.15, 0.2) is 0 Å². The molecule has 6 nitrogen and oxygen atoms in total. The molecule has 0 aliphatic carbocycles. The highest BCUT2D eigenvalue weighted by Crippen LogP contribution is 2.22. The number of nitrogens with zero attached hydrogens (tertiary/aromatic N) is 1. The maximum Gasteiger partial charge on any atom is 0.238 e. The molecule has 2 atom stereocenters. The molecule has 1 rings (SSSR count). The summed E-state index contributed by atoms with van der Waals surface area (Å²) in [5, 5.41) is 2.93. The van der Waals surface area contributed by atoms with Gasteiger partial charge in [-0.3, -0.25) is 4.79 Å². The number of hydrogen-bond acceptors (Lipinski definition) is 4. The van der Waals surface area contributed by atoms with E-state index >= 15 is 0 Å². The Balaban J connectivity index is 0.00000484. The number of halogens is 1. The van der Waals surface area contributed by atoms with Gasteiger partial charge in [-0.05, 0) is 25.7 Å². The molecule has 0 aromatic rings. The fourth-order valence-corrected chi connectivity index (χ4v) is 4.66. The van der Waals surface area contributed by atoms with Gasteiger partial charge in [0.25, 0.3) is 0 Å². The Morgan fingerprint density at radius 2 is 1.96 bits per heavy atom. The van der Waals surface area contributed by atoms with E-state index in [4.69, 9.17) is 5.73 Å². The number of carbonyl (C=O) groups excluding carboxylic acids is 1. The second kappa shape index (κ2) is 11.2. The van der Waals surface area contributed by atoms with Crippen molar-refractivity contribution in [3.63, 3.8) is 0 Å². The van der Waals surface area contributed by atoms with Gasteiger partial charge in [0.2, 0.25) is 15.9 Å². The Bertz CT molecular complexity index is 445. The second-order valence-corrected chi connectivity index (χ2v) is 8.06. The predicted octanol–water partition coefficient (Wildman–Crippen LogP) is 1.64. The summed E-state index contributed by atoms with van der Waals surface area (Å²) in [5.74, 6) is -0.0622. The van der Waals surface area contributed by atoms with Gasteiger partial charge in [-0.1, -0.05) is 33.1 Å². The molecule has 0 aromatic carbocycles. The van der Waals surface area contributed by atoms with Gasteiger partial charge >= 0.3 is 0 Å². The maximum atomic E-state index is 12.4. The average Bonchev–Trinajstić information content (AvgIpc) is 2.99. The normalized spacial score (nSPS) is 20.0. The smallest absolute Gasteiger partial charge is 0.238 e. The quantitative estimate of drug-likeness (QED) is 0.612. The van der Waals surface area contributed by atoms with Gasteiger partial charge in [0, 0.05) is 19.1 Å². The van der Waals surface area contributed by atoms with Crippen molar-refractivity contribution in [3.05, 3.63) is 0 Å². The minimum atomic E-state index is -3.33. The van der Waals surface area contributed by atoms with Crippen LogP contribution in [0.2, 0.25) is 0 Å². The molecule has 0 radical (unpaired) electrons. The van der Waals surface area contributed by atoms with E-state index in [1.54, 1.807) is 0 Å². The van der Waals surface area contributed by atoms with Crippen LogP contribution in [0, 0.1) is 0 Å². The molecule has 0 saturated carbocycles. The topological polar surface area (TPSA) is 92.5 Å². The Hall–Kier alpha value is -0.370. The largest absolute Gasteiger partial charge is 0.351 e. The number of amides is 1. The number of hydrogen-bond donors (Lipinski definition) is 2. The van der Waals surface area contributed by atoms with Crippen LogP contribution in [-0.2, 0) is 14.8 Å². The zero-order chi connectivity index (χ0) is 16.6. The third-order valence-electron chi connectivity index (χ3n) is 4.16. The first-order valence-corrected chi connectivity index (χ1v) is 10.1. The van der Waals surface area contributed by atoms with Crippen LogP contribution in [-0.4, -0.2) is 49.6 Å². The van der Waals surface area contributed by atoms with Gasteiger partial charge in [-0.15, -0.1) is 12.4 Å². The van der Waals surface area contributed by atoms with E-state index in [0.717, 1.165) is 32.1 Å². The van der Waals surface area contributed by atoms with E-state index in [1.807, 2.05) is 6.92 Å². The van der Waals surface area contributed by atoms with Crippen molar-refractivity contribution in [2.24, 2.45) is 5.73 Å². The fourth-order valence-electron chi connectivity index (χ4n) is 2.78. The van der Waals surface area contributed by atoms with Crippen molar-refractivity contribution in [2.75, 3.05) is 18.8 Å². The van der Waals surface area contributed by atoms with E-state index in [9.17, 15) is 13.2 Å². The lowest BCUT2D eigenvalue weighted by Gasteiger charge is -2.25. The Labute approximate surface area is 147 Å². The first-order chi connectivity index (χ1) is 10.5. The van der Waals surface area contributed by atoms with E-state index in [2.05, 4.69) is 12.2 Å². The molecule has 1 fully saturated rings. The molecule has 1 aliphatic rings. The van der Waals surface area contributed by atoms with Gasteiger partial charge in [0.1, 0.15) is 6.04 Å². The summed E-state index contributed by atoms with van der Waals surface area (Å²) in [5.41, 5.74) is 5.70. The lowest BCUT2D eigenvalue weighted by atomic mass is 10.1. The van der Waals surface area contributed by atoms with Crippen molar-refractivity contribution >= 4 is 28.3 Å². The Morgan fingerprint density at radius 3 is 2.52 bits per heavy atom. The molecule has 138 valence electrons. The Morgan fingerprint density at radius 1 is 1.30 bits per heavy atom. The summed E-state index contributed by atoms with van der Waals surface area (Å²) in [6.45, 7) is 4.89. The SMILES string of the molecule is CCCCC(CN)NC(=O)C1CCCN1S(=O)(=O)CCCC.Cl. The van der Waals surface area contributed by atoms with Gasteiger partial charge in [0.05, 0.1) is 5.75 Å². The second-order valence-electron chi connectivity index (χ2n) is 6.02. The van der Waals surface area contributed by atoms with Gasteiger partial charge in [-0.25, -0.2) is 8.42 Å². The van der Waals surface area contributed by atoms with Crippen LogP contribution in [0.1, 0.15) is 58.8 Å². The molecule has 0 bridgehead atoms. The predicted molar refractivity (Wildman–Crippen MR) is 96.2 cm³/mol. The standard InChI is InChI=1S/C15H31N3O3S.ClH/c1-3-5-8-13(12-16)17-15(19)14-9-7-10-18(14)22(20,21)11-6-4-2;/h13-14H,3-12,16H2,1-2H3,(H,17,19);1H. The minimum absolute atomic E-state index is 0. The molecule has 2 unspecified atom stereocenters. The molecule has 8 heteroatoms. The third kappa shape index (κ3) is 6.95. The van der Waals surface area contributed by atoms with E-state index in [0.29, 0.717) is 25.9 Å². The molecule has 23 heavy (non-hydrogen) atoms. The van der Waals surface area contributed by atoms with Crippen LogP contribution >= 0.6 is 12.4 Å². The lowest BCUT2D eigenvalue weighted by molar-refractivity contribution is -0.124. The summed E-state index contributed by atoms with van der Waals surface area (Å²) in [6.07, 6.45) is 5.70. The van der Waals surface area contributed by atoms with Crippen molar-refractivity contribution in [3.8, 4) is 0 Å². The maximum absolute atomic E-state index is 12.4. The molecule has 1 heterocycles. The van der Waals surface area contributed by atoms with E-state index in [1.165, 1.54) is 4.31 Å². The number of nitrogens with one attached hydrogen (secondary N) is 1. The summed E-state index contributed by atoms with van der Waals surface area (Å²) < 4.78 is 26.1. The molecule has 0 aromatic heterocycles. The molecule has 1 amide bonds. The third-order valence-corrected chi connectivity index (χ3v) is 6.11. The molecular formula is C15H32ClN3O3S. The number of unbranched alkanes of at least 4 members (excludes halogenated alkanes) is 2. The van der Waals surface area contributed by atoms with Crippen LogP contribution in [0.5, 0.6) is 0 Å². The van der Waals surface area contributed by atoms with Crippen molar-refractivity contribution in [1.82, 2.24) is 9.62 Å². The Kier molecular flexibility index (Phi) is 11.1. The van der Waals surface area contributed by atoms with Crippen LogP contribution in [0.4, 0.5) is 0 Å². The molecule has 0 spiro atoms. The number of carbonyl (C=O) groups is 1. The molecule has 1 aliphatic heterocycles. The molecule has 1 saturated heterocycles. The van der Waals surface area contributed by atoms with Gasteiger partial charge < -0.3 is 11.1 Å². The van der Waals surface area contributed by atoms with Crippen molar-refractivity contribution < 1.29 is 13.2 Å².